The lowest BCUT2D eigenvalue weighted by molar-refractivity contribution is 0.675. The minimum Gasteiger partial charge on any atom is -0.100 e. The molecule has 14 heavy (non-hydrogen) atoms. The first-order chi connectivity index (χ1) is 6.60. The zero-order chi connectivity index (χ0) is 11.0. The van der Waals surface area contributed by atoms with Crippen molar-refractivity contribution in [1.82, 2.24) is 0 Å². The van der Waals surface area contributed by atoms with Crippen LogP contribution >= 0.6 is 0 Å². The van der Waals surface area contributed by atoms with Gasteiger partial charge in [-0.25, -0.2) is 0 Å². The zero-order valence-corrected chi connectivity index (χ0v) is 10.4. The van der Waals surface area contributed by atoms with E-state index in [0.717, 1.165) is 5.92 Å². The van der Waals surface area contributed by atoms with Crippen LogP contribution in [0.2, 0.25) is 0 Å². The predicted octanol–water partition coefficient (Wildman–Crippen LogP) is 5.12. The fourth-order valence-electron chi connectivity index (χ4n) is 1.52. The largest absolute Gasteiger partial charge is 0.100 e. The standard InChI is InChI=1S/C14H26/c1-6-13(5)11-14(7-2)10-8-9-12(3)4/h11,13H,3,6-10H2,1-2,4-5H3/b14-11+. The van der Waals surface area contributed by atoms with E-state index >= 15 is 0 Å². The Morgan fingerprint density at radius 3 is 2.36 bits per heavy atom. The molecule has 0 nitrogen and oxygen atoms in total. The molecule has 0 saturated carbocycles. The van der Waals surface area contributed by atoms with Crippen LogP contribution in [0.4, 0.5) is 0 Å². The van der Waals surface area contributed by atoms with Gasteiger partial charge in [0.25, 0.3) is 0 Å². The molecule has 0 aliphatic rings. The van der Waals surface area contributed by atoms with E-state index in [1.165, 1.54) is 37.7 Å². The second-order valence-electron chi connectivity index (χ2n) is 4.37. The third kappa shape index (κ3) is 6.94. The summed E-state index contributed by atoms with van der Waals surface area (Å²) in [6.45, 7) is 12.9. The Hall–Kier alpha value is -0.520. The highest BCUT2D eigenvalue weighted by Gasteiger charge is 1.99. The van der Waals surface area contributed by atoms with Crippen molar-refractivity contribution in [2.75, 3.05) is 0 Å². The zero-order valence-electron chi connectivity index (χ0n) is 10.4. The Labute approximate surface area is 90.1 Å². The van der Waals surface area contributed by atoms with Gasteiger partial charge in [0.2, 0.25) is 0 Å². The molecule has 0 amide bonds. The summed E-state index contributed by atoms with van der Waals surface area (Å²) in [5.41, 5.74) is 2.93. The maximum Gasteiger partial charge on any atom is -0.0262 e. The van der Waals surface area contributed by atoms with Gasteiger partial charge in [0, 0.05) is 0 Å². The van der Waals surface area contributed by atoms with Crippen LogP contribution in [0.1, 0.15) is 59.8 Å². The van der Waals surface area contributed by atoms with Gasteiger partial charge in [-0.05, 0) is 38.5 Å². The molecule has 0 heteroatoms. The van der Waals surface area contributed by atoms with Gasteiger partial charge < -0.3 is 0 Å². The van der Waals surface area contributed by atoms with Crippen molar-refractivity contribution in [3.63, 3.8) is 0 Å². The summed E-state index contributed by atoms with van der Waals surface area (Å²) in [5, 5.41) is 0. The Bertz CT molecular complexity index is 186. The summed E-state index contributed by atoms with van der Waals surface area (Å²) in [5.74, 6) is 0.745. The highest BCUT2D eigenvalue weighted by molar-refractivity contribution is 5.04. The van der Waals surface area contributed by atoms with Crippen LogP contribution in [0.5, 0.6) is 0 Å². The molecule has 0 radical (unpaired) electrons. The summed E-state index contributed by atoms with van der Waals surface area (Å²) in [7, 11) is 0. The molecule has 0 heterocycles. The molecular weight excluding hydrogens is 168 g/mol. The fourth-order valence-corrected chi connectivity index (χ4v) is 1.52. The molecular formula is C14H26. The quantitative estimate of drug-likeness (QED) is 0.494. The van der Waals surface area contributed by atoms with Crippen LogP contribution in [0, 0.1) is 5.92 Å². The van der Waals surface area contributed by atoms with E-state index in [9.17, 15) is 0 Å². The van der Waals surface area contributed by atoms with E-state index in [4.69, 9.17) is 0 Å². The second-order valence-corrected chi connectivity index (χ2v) is 4.37. The molecule has 82 valence electrons. The lowest BCUT2D eigenvalue weighted by atomic mass is 9.98. The van der Waals surface area contributed by atoms with Gasteiger partial charge in [-0.15, -0.1) is 6.58 Å². The van der Waals surface area contributed by atoms with E-state index in [1.54, 1.807) is 5.57 Å². The average Bonchev–Trinajstić information content (AvgIpc) is 2.15. The van der Waals surface area contributed by atoms with Crippen molar-refractivity contribution in [3.8, 4) is 0 Å². The monoisotopic (exact) mass is 194 g/mol. The summed E-state index contributed by atoms with van der Waals surface area (Å²) in [4.78, 5) is 0. The fraction of sp³-hybridized carbons (Fsp3) is 0.714. The Morgan fingerprint density at radius 1 is 1.29 bits per heavy atom. The first kappa shape index (κ1) is 13.5. The van der Waals surface area contributed by atoms with Crippen molar-refractivity contribution in [3.05, 3.63) is 23.8 Å². The number of rotatable bonds is 7. The van der Waals surface area contributed by atoms with Gasteiger partial charge in [-0.1, -0.05) is 44.4 Å². The number of hydrogen-bond acceptors (Lipinski definition) is 0. The third-order valence-corrected chi connectivity index (χ3v) is 2.72. The van der Waals surface area contributed by atoms with Crippen molar-refractivity contribution in [1.29, 1.82) is 0 Å². The van der Waals surface area contributed by atoms with Gasteiger partial charge in [0.1, 0.15) is 0 Å². The Morgan fingerprint density at radius 2 is 1.93 bits per heavy atom. The maximum atomic E-state index is 3.94. The summed E-state index contributed by atoms with van der Waals surface area (Å²) < 4.78 is 0. The molecule has 0 aliphatic heterocycles. The molecule has 0 bridgehead atoms. The SMILES string of the molecule is C=C(C)CCC/C(=C/C(C)CC)CC. The van der Waals surface area contributed by atoms with Gasteiger partial charge in [0.05, 0.1) is 0 Å². The van der Waals surface area contributed by atoms with E-state index in [1.807, 2.05) is 0 Å². The van der Waals surface area contributed by atoms with Gasteiger partial charge in [-0.3, -0.25) is 0 Å². The molecule has 1 unspecified atom stereocenters. The van der Waals surface area contributed by atoms with Gasteiger partial charge in [0.15, 0.2) is 0 Å². The summed E-state index contributed by atoms with van der Waals surface area (Å²) >= 11 is 0. The molecule has 0 aromatic rings. The van der Waals surface area contributed by atoms with Crippen molar-refractivity contribution >= 4 is 0 Å². The molecule has 0 spiro atoms. The predicted molar refractivity (Wildman–Crippen MR) is 66.5 cm³/mol. The number of allylic oxidation sites excluding steroid dienone is 3. The van der Waals surface area contributed by atoms with Crippen molar-refractivity contribution < 1.29 is 0 Å². The lowest BCUT2D eigenvalue weighted by Crippen LogP contribution is -1.91. The van der Waals surface area contributed by atoms with E-state index in [-0.39, 0.29) is 0 Å². The molecule has 0 fully saturated rings. The van der Waals surface area contributed by atoms with Crippen LogP contribution < -0.4 is 0 Å². The smallest absolute Gasteiger partial charge is 0.0262 e. The number of hydrogen-bond donors (Lipinski definition) is 0. The van der Waals surface area contributed by atoms with Crippen LogP contribution in [0.15, 0.2) is 23.8 Å². The van der Waals surface area contributed by atoms with E-state index < -0.39 is 0 Å². The second kappa shape index (κ2) is 7.84. The van der Waals surface area contributed by atoms with Crippen LogP contribution in [0.25, 0.3) is 0 Å². The molecule has 1 atom stereocenters. The van der Waals surface area contributed by atoms with E-state index in [2.05, 4.69) is 40.3 Å². The molecule has 0 N–H and O–H groups in total. The summed E-state index contributed by atoms with van der Waals surface area (Å²) in [6.07, 6.45) is 8.62. The summed E-state index contributed by atoms with van der Waals surface area (Å²) in [6, 6.07) is 0. The molecule has 0 aliphatic carbocycles. The normalized spacial score (nSPS) is 14.1. The topological polar surface area (TPSA) is 0 Å². The Balaban J connectivity index is 3.90. The van der Waals surface area contributed by atoms with Crippen molar-refractivity contribution in [2.45, 2.75) is 59.8 Å². The third-order valence-electron chi connectivity index (χ3n) is 2.72. The molecule has 0 saturated heterocycles. The van der Waals surface area contributed by atoms with Gasteiger partial charge in [-0.2, -0.15) is 0 Å². The van der Waals surface area contributed by atoms with Crippen molar-refractivity contribution in [2.24, 2.45) is 5.92 Å². The van der Waals surface area contributed by atoms with E-state index in [0.29, 0.717) is 0 Å². The lowest BCUT2D eigenvalue weighted by Gasteiger charge is -2.08. The highest BCUT2D eigenvalue weighted by Crippen LogP contribution is 2.17. The molecule has 0 rings (SSSR count). The molecule has 0 aromatic carbocycles. The average molecular weight is 194 g/mol. The maximum absolute atomic E-state index is 3.94. The first-order valence-electron chi connectivity index (χ1n) is 5.94. The highest BCUT2D eigenvalue weighted by atomic mass is 14.0. The minimum atomic E-state index is 0.745. The van der Waals surface area contributed by atoms with Crippen LogP contribution in [0.3, 0.4) is 0 Å². The Kier molecular flexibility index (Phi) is 7.55. The first-order valence-corrected chi connectivity index (χ1v) is 5.94. The van der Waals surface area contributed by atoms with Gasteiger partial charge >= 0.3 is 0 Å². The molecule has 0 aromatic heterocycles. The minimum absolute atomic E-state index is 0.745. The van der Waals surface area contributed by atoms with Crippen LogP contribution in [-0.2, 0) is 0 Å². The van der Waals surface area contributed by atoms with Crippen LogP contribution in [-0.4, -0.2) is 0 Å².